The Hall–Kier alpha value is -1.84. The van der Waals surface area contributed by atoms with E-state index in [0.29, 0.717) is 5.56 Å². The van der Waals surface area contributed by atoms with Crippen molar-refractivity contribution in [3.05, 3.63) is 35.8 Å². The molecule has 0 spiro atoms. The van der Waals surface area contributed by atoms with Crippen LogP contribution < -0.4 is 5.32 Å². The van der Waals surface area contributed by atoms with Crippen molar-refractivity contribution in [2.45, 2.75) is 6.92 Å². The van der Waals surface area contributed by atoms with Gasteiger partial charge in [-0.2, -0.15) is 0 Å². The summed E-state index contributed by atoms with van der Waals surface area (Å²) in [6, 6.07) is 3.60. The Bertz CT molecular complexity index is 487. The fraction of sp³-hybridized carbons (Fsp3) is 0.200. The lowest BCUT2D eigenvalue weighted by atomic mass is 10.2. The van der Waals surface area contributed by atoms with Gasteiger partial charge in [-0.1, -0.05) is 0 Å². The quantitative estimate of drug-likeness (QED) is 0.727. The zero-order valence-electron chi connectivity index (χ0n) is 8.11. The van der Waals surface area contributed by atoms with E-state index < -0.39 is 0 Å². The fourth-order valence-corrected chi connectivity index (χ4v) is 1.40. The Kier molecular flexibility index (Phi) is 1.96. The summed E-state index contributed by atoms with van der Waals surface area (Å²) in [6.07, 6.45) is 3.66. The molecule has 2 aromatic rings. The van der Waals surface area contributed by atoms with Gasteiger partial charge in [-0.3, -0.25) is 4.79 Å². The van der Waals surface area contributed by atoms with Crippen LogP contribution in [0, 0.1) is 6.92 Å². The second-order valence-electron chi connectivity index (χ2n) is 3.14. The molecule has 4 nitrogen and oxygen atoms in total. The number of carbonyl (C=O) groups excluding carboxylic acids is 1. The van der Waals surface area contributed by atoms with Crippen LogP contribution in [0.25, 0.3) is 5.65 Å². The molecular weight excluding hydrogens is 178 g/mol. The summed E-state index contributed by atoms with van der Waals surface area (Å²) in [6.45, 7) is 1.92. The standard InChI is InChI=1S/C10H11N3O/c1-7-5-13-6-8(10(14)11-2)3-4-9(13)12-7/h3-6H,1-2H3,(H,11,14). The minimum Gasteiger partial charge on any atom is -0.355 e. The summed E-state index contributed by atoms with van der Waals surface area (Å²) in [5, 5.41) is 2.58. The number of carbonyl (C=O) groups is 1. The fourth-order valence-electron chi connectivity index (χ4n) is 1.40. The molecule has 72 valence electrons. The number of aryl methyl sites for hydroxylation is 1. The van der Waals surface area contributed by atoms with Crippen LogP contribution in [0.3, 0.4) is 0 Å². The first-order valence-corrected chi connectivity index (χ1v) is 4.38. The molecule has 14 heavy (non-hydrogen) atoms. The monoisotopic (exact) mass is 189 g/mol. The summed E-state index contributed by atoms with van der Waals surface area (Å²) >= 11 is 0. The SMILES string of the molecule is CNC(=O)c1ccc2nc(C)cn2c1. The van der Waals surface area contributed by atoms with Crippen molar-refractivity contribution in [3.8, 4) is 0 Å². The van der Waals surface area contributed by atoms with Gasteiger partial charge in [0.1, 0.15) is 5.65 Å². The van der Waals surface area contributed by atoms with E-state index >= 15 is 0 Å². The Morgan fingerprint density at radius 3 is 2.93 bits per heavy atom. The van der Waals surface area contributed by atoms with Crippen molar-refractivity contribution < 1.29 is 4.79 Å². The lowest BCUT2D eigenvalue weighted by molar-refractivity contribution is 0.0962. The molecule has 2 heterocycles. The van der Waals surface area contributed by atoms with Crippen LogP contribution in [0.15, 0.2) is 24.5 Å². The molecule has 2 rings (SSSR count). The number of nitrogens with zero attached hydrogens (tertiary/aromatic N) is 2. The second-order valence-corrected chi connectivity index (χ2v) is 3.14. The minimum atomic E-state index is -0.0850. The Labute approximate surface area is 81.6 Å². The summed E-state index contributed by atoms with van der Waals surface area (Å²) in [4.78, 5) is 15.6. The van der Waals surface area contributed by atoms with Gasteiger partial charge in [0.2, 0.25) is 0 Å². The average molecular weight is 189 g/mol. The van der Waals surface area contributed by atoms with Crippen LogP contribution in [0.2, 0.25) is 0 Å². The highest BCUT2D eigenvalue weighted by atomic mass is 16.1. The van der Waals surface area contributed by atoms with E-state index in [1.807, 2.05) is 23.6 Å². The van der Waals surface area contributed by atoms with Crippen LogP contribution in [0.5, 0.6) is 0 Å². The normalized spacial score (nSPS) is 10.4. The first kappa shape index (κ1) is 8.74. The molecule has 2 aromatic heterocycles. The molecule has 0 aromatic carbocycles. The third-order valence-corrected chi connectivity index (χ3v) is 2.06. The number of rotatable bonds is 1. The highest BCUT2D eigenvalue weighted by Gasteiger charge is 2.04. The molecule has 0 unspecified atom stereocenters. The number of aromatic nitrogens is 2. The molecule has 4 heteroatoms. The van der Waals surface area contributed by atoms with E-state index in [4.69, 9.17) is 0 Å². The molecule has 0 bridgehead atoms. The highest BCUT2D eigenvalue weighted by Crippen LogP contribution is 2.06. The van der Waals surface area contributed by atoms with Gasteiger partial charge in [0.15, 0.2) is 0 Å². The van der Waals surface area contributed by atoms with E-state index in [2.05, 4.69) is 10.3 Å². The average Bonchev–Trinajstić information content (AvgIpc) is 2.55. The summed E-state index contributed by atoms with van der Waals surface area (Å²) in [7, 11) is 1.62. The van der Waals surface area contributed by atoms with E-state index in [1.165, 1.54) is 0 Å². The molecular formula is C10H11N3O. The van der Waals surface area contributed by atoms with Gasteiger partial charge in [0.25, 0.3) is 5.91 Å². The second kappa shape index (κ2) is 3.14. The molecule has 0 aliphatic heterocycles. The number of fused-ring (bicyclic) bond motifs is 1. The van der Waals surface area contributed by atoms with Crippen LogP contribution >= 0.6 is 0 Å². The van der Waals surface area contributed by atoms with Crippen LogP contribution in [0.4, 0.5) is 0 Å². The number of imidazole rings is 1. The Balaban J connectivity index is 2.55. The van der Waals surface area contributed by atoms with Crippen LogP contribution in [0.1, 0.15) is 16.1 Å². The van der Waals surface area contributed by atoms with E-state index in [0.717, 1.165) is 11.3 Å². The zero-order chi connectivity index (χ0) is 10.1. The number of hydrogen-bond acceptors (Lipinski definition) is 2. The number of pyridine rings is 1. The maximum absolute atomic E-state index is 11.3. The molecule has 1 amide bonds. The van der Waals surface area contributed by atoms with Gasteiger partial charge in [-0.15, -0.1) is 0 Å². The Morgan fingerprint density at radius 2 is 2.21 bits per heavy atom. The highest BCUT2D eigenvalue weighted by molar-refractivity contribution is 5.93. The molecule has 0 radical (unpaired) electrons. The van der Waals surface area contributed by atoms with Crippen LogP contribution in [-0.2, 0) is 0 Å². The van der Waals surface area contributed by atoms with E-state index in [1.54, 1.807) is 19.3 Å². The maximum atomic E-state index is 11.3. The number of hydrogen-bond donors (Lipinski definition) is 1. The molecule has 0 fully saturated rings. The first-order valence-electron chi connectivity index (χ1n) is 4.38. The minimum absolute atomic E-state index is 0.0850. The van der Waals surface area contributed by atoms with E-state index in [9.17, 15) is 4.79 Å². The van der Waals surface area contributed by atoms with Gasteiger partial charge in [0, 0.05) is 19.4 Å². The number of amides is 1. The topological polar surface area (TPSA) is 46.4 Å². The third kappa shape index (κ3) is 1.35. The van der Waals surface area contributed by atoms with Crippen molar-refractivity contribution in [1.82, 2.24) is 14.7 Å². The summed E-state index contributed by atoms with van der Waals surface area (Å²) in [5.41, 5.74) is 2.44. The predicted octanol–water partition coefficient (Wildman–Crippen LogP) is 1.00. The van der Waals surface area contributed by atoms with Crippen molar-refractivity contribution in [1.29, 1.82) is 0 Å². The lowest BCUT2D eigenvalue weighted by Gasteiger charge is -1.99. The van der Waals surface area contributed by atoms with E-state index in [-0.39, 0.29) is 5.91 Å². The predicted molar refractivity (Wildman–Crippen MR) is 53.3 cm³/mol. The molecule has 0 aliphatic rings. The molecule has 1 N–H and O–H groups in total. The van der Waals surface area contributed by atoms with Gasteiger partial charge in [-0.05, 0) is 19.1 Å². The molecule has 0 saturated heterocycles. The third-order valence-electron chi connectivity index (χ3n) is 2.06. The molecule has 0 atom stereocenters. The van der Waals surface area contributed by atoms with Crippen molar-refractivity contribution in [2.75, 3.05) is 7.05 Å². The molecule has 0 aliphatic carbocycles. The van der Waals surface area contributed by atoms with Crippen molar-refractivity contribution in [3.63, 3.8) is 0 Å². The van der Waals surface area contributed by atoms with Gasteiger partial charge < -0.3 is 9.72 Å². The maximum Gasteiger partial charge on any atom is 0.252 e. The first-order chi connectivity index (χ1) is 6.70. The van der Waals surface area contributed by atoms with Gasteiger partial charge in [0.05, 0.1) is 11.3 Å². The zero-order valence-corrected chi connectivity index (χ0v) is 8.11. The van der Waals surface area contributed by atoms with Crippen molar-refractivity contribution in [2.24, 2.45) is 0 Å². The van der Waals surface area contributed by atoms with Gasteiger partial charge in [-0.25, -0.2) is 4.98 Å². The summed E-state index contributed by atoms with van der Waals surface area (Å²) < 4.78 is 1.85. The number of nitrogens with one attached hydrogen (secondary N) is 1. The van der Waals surface area contributed by atoms with Gasteiger partial charge >= 0.3 is 0 Å². The molecule has 0 saturated carbocycles. The Morgan fingerprint density at radius 1 is 1.43 bits per heavy atom. The largest absolute Gasteiger partial charge is 0.355 e. The summed E-state index contributed by atoms with van der Waals surface area (Å²) in [5.74, 6) is -0.0850. The lowest BCUT2D eigenvalue weighted by Crippen LogP contribution is -2.18. The smallest absolute Gasteiger partial charge is 0.252 e. The van der Waals surface area contributed by atoms with Crippen LogP contribution in [-0.4, -0.2) is 22.3 Å². The van der Waals surface area contributed by atoms with Crippen molar-refractivity contribution >= 4 is 11.6 Å².